The summed E-state index contributed by atoms with van der Waals surface area (Å²) in [6.45, 7) is 0. The quantitative estimate of drug-likeness (QED) is 0.739. The van der Waals surface area contributed by atoms with E-state index in [-0.39, 0.29) is 5.88 Å². The zero-order valence-electron chi connectivity index (χ0n) is 7.69. The molecule has 0 fully saturated rings. The maximum atomic E-state index is 8.86. The predicted octanol–water partition coefficient (Wildman–Crippen LogP) is 1.74. The van der Waals surface area contributed by atoms with Crippen LogP contribution >= 0.6 is 0 Å². The van der Waals surface area contributed by atoms with Gasteiger partial charge in [-0.05, 0) is 6.07 Å². The number of anilines is 1. The summed E-state index contributed by atoms with van der Waals surface area (Å²) >= 11 is 0. The van der Waals surface area contributed by atoms with Gasteiger partial charge < -0.3 is 14.7 Å². The van der Waals surface area contributed by atoms with E-state index in [2.05, 4.69) is 0 Å². The number of nitrogens with two attached hydrogens (primary N) is 1. The molecular formula is C10H9N3O. The summed E-state index contributed by atoms with van der Waals surface area (Å²) in [7, 11) is 1.92. The van der Waals surface area contributed by atoms with Crippen LogP contribution in [0.5, 0.6) is 0 Å². The summed E-state index contributed by atoms with van der Waals surface area (Å²) in [5, 5.41) is 8.86. The molecule has 2 aromatic heterocycles. The summed E-state index contributed by atoms with van der Waals surface area (Å²) in [6, 6.07) is 3.93. The molecule has 2 N–H and O–H groups in total. The third-order valence-corrected chi connectivity index (χ3v) is 2.07. The minimum Gasteiger partial charge on any atom is -0.447 e. The van der Waals surface area contributed by atoms with Crippen molar-refractivity contribution in [2.75, 3.05) is 5.73 Å². The summed E-state index contributed by atoms with van der Waals surface area (Å²) in [4.78, 5) is 0. The SMILES string of the molecule is Cn1ccc(-c2coc(N)c2C#N)c1. The van der Waals surface area contributed by atoms with Crippen LogP contribution in [0.4, 0.5) is 5.88 Å². The highest BCUT2D eigenvalue weighted by Crippen LogP contribution is 2.28. The van der Waals surface area contributed by atoms with Crippen molar-refractivity contribution < 1.29 is 4.42 Å². The Bertz CT molecular complexity index is 502. The number of furan rings is 1. The molecule has 70 valence electrons. The van der Waals surface area contributed by atoms with Crippen LogP contribution in [0.2, 0.25) is 0 Å². The normalized spacial score (nSPS) is 10.0. The Hall–Kier alpha value is -2.15. The number of aryl methyl sites for hydroxylation is 1. The number of rotatable bonds is 1. The standard InChI is InChI=1S/C10H9N3O/c1-13-3-2-7(5-13)9-6-14-10(12)8(9)4-11/h2-3,5-6H,12H2,1H3. The van der Waals surface area contributed by atoms with Crippen molar-refractivity contribution in [2.45, 2.75) is 0 Å². The van der Waals surface area contributed by atoms with Gasteiger partial charge in [-0.3, -0.25) is 0 Å². The first-order valence-electron chi connectivity index (χ1n) is 4.12. The van der Waals surface area contributed by atoms with Gasteiger partial charge in [-0.1, -0.05) is 0 Å². The van der Waals surface area contributed by atoms with Gasteiger partial charge in [0.15, 0.2) is 0 Å². The number of nitriles is 1. The van der Waals surface area contributed by atoms with Crippen LogP contribution in [0.1, 0.15) is 5.56 Å². The highest BCUT2D eigenvalue weighted by atomic mass is 16.3. The Morgan fingerprint density at radius 3 is 2.93 bits per heavy atom. The second kappa shape index (κ2) is 2.96. The van der Waals surface area contributed by atoms with E-state index in [1.165, 1.54) is 6.26 Å². The van der Waals surface area contributed by atoms with E-state index in [9.17, 15) is 0 Å². The lowest BCUT2D eigenvalue weighted by Crippen LogP contribution is -1.85. The molecule has 2 rings (SSSR count). The number of nitrogen functional groups attached to an aromatic ring is 1. The summed E-state index contributed by atoms with van der Waals surface area (Å²) in [5.41, 5.74) is 7.58. The van der Waals surface area contributed by atoms with Gasteiger partial charge in [-0.2, -0.15) is 5.26 Å². The molecule has 2 aromatic rings. The van der Waals surface area contributed by atoms with Gasteiger partial charge in [-0.15, -0.1) is 0 Å². The van der Waals surface area contributed by atoms with Crippen molar-refractivity contribution in [1.82, 2.24) is 4.57 Å². The molecule has 0 bridgehead atoms. The molecule has 0 saturated carbocycles. The van der Waals surface area contributed by atoms with Crippen LogP contribution < -0.4 is 5.73 Å². The van der Waals surface area contributed by atoms with Crippen molar-refractivity contribution in [1.29, 1.82) is 5.26 Å². The molecule has 0 radical (unpaired) electrons. The molecule has 0 aliphatic carbocycles. The Morgan fingerprint density at radius 2 is 2.36 bits per heavy atom. The highest BCUT2D eigenvalue weighted by molar-refractivity contribution is 5.74. The average Bonchev–Trinajstić information content (AvgIpc) is 2.71. The van der Waals surface area contributed by atoms with E-state index >= 15 is 0 Å². The molecule has 4 nitrogen and oxygen atoms in total. The van der Waals surface area contributed by atoms with E-state index in [1.807, 2.05) is 36.1 Å². The monoisotopic (exact) mass is 187 g/mol. The number of nitrogens with zero attached hydrogens (tertiary/aromatic N) is 2. The molecule has 0 spiro atoms. The minimum atomic E-state index is 0.173. The first kappa shape index (κ1) is 8.45. The van der Waals surface area contributed by atoms with Crippen molar-refractivity contribution in [3.05, 3.63) is 30.3 Å². The third kappa shape index (κ3) is 1.15. The lowest BCUT2D eigenvalue weighted by atomic mass is 10.1. The number of aromatic nitrogens is 1. The van der Waals surface area contributed by atoms with Crippen LogP contribution in [0.3, 0.4) is 0 Å². The zero-order chi connectivity index (χ0) is 10.1. The van der Waals surface area contributed by atoms with Gasteiger partial charge in [0.05, 0.1) is 0 Å². The molecule has 0 amide bonds. The Morgan fingerprint density at radius 1 is 1.57 bits per heavy atom. The van der Waals surface area contributed by atoms with E-state index in [0.29, 0.717) is 5.56 Å². The Labute approximate surface area is 81.2 Å². The van der Waals surface area contributed by atoms with Gasteiger partial charge in [-0.25, -0.2) is 0 Å². The van der Waals surface area contributed by atoms with Crippen molar-refractivity contribution in [3.8, 4) is 17.2 Å². The van der Waals surface area contributed by atoms with Crippen molar-refractivity contribution in [2.24, 2.45) is 7.05 Å². The van der Waals surface area contributed by atoms with Crippen molar-refractivity contribution in [3.63, 3.8) is 0 Å². The molecule has 0 saturated heterocycles. The van der Waals surface area contributed by atoms with E-state index in [1.54, 1.807) is 0 Å². The van der Waals surface area contributed by atoms with E-state index in [0.717, 1.165) is 11.1 Å². The Kier molecular flexibility index (Phi) is 1.79. The van der Waals surface area contributed by atoms with Gasteiger partial charge in [0.2, 0.25) is 5.88 Å². The molecule has 14 heavy (non-hydrogen) atoms. The largest absolute Gasteiger partial charge is 0.447 e. The minimum absolute atomic E-state index is 0.173. The first-order valence-corrected chi connectivity index (χ1v) is 4.12. The van der Waals surface area contributed by atoms with Gasteiger partial charge in [0, 0.05) is 30.6 Å². The van der Waals surface area contributed by atoms with Crippen LogP contribution in [0.25, 0.3) is 11.1 Å². The van der Waals surface area contributed by atoms with Crippen LogP contribution in [0.15, 0.2) is 29.1 Å². The lowest BCUT2D eigenvalue weighted by Gasteiger charge is -1.91. The van der Waals surface area contributed by atoms with Gasteiger partial charge in [0.1, 0.15) is 17.9 Å². The smallest absolute Gasteiger partial charge is 0.208 e. The number of hydrogen-bond donors (Lipinski definition) is 1. The molecular weight excluding hydrogens is 178 g/mol. The lowest BCUT2D eigenvalue weighted by molar-refractivity contribution is 0.588. The molecule has 0 aliphatic rings. The summed E-state index contributed by atoms with van der Waals surface area (Å²) < 4.78 is 6.90. The van der Waals surface area contributed by atoms with E-state index < -0.39 is 0 Å². The highest BCUT2D eigenvalue weighted by Gasteiger charge is 2.12. The zero-order valence-corrected chi connectivity index (χ0v) is 7.69. The molecule has 4 heteroatoms. The summed E-state index contributed by atoms with van der Waals surface area (Å²) in [6.07, 6.45) is 5.31. The van der Waals surface area contributed by atoms with Crippen LogP contribution in [-0.4, -0.2) is 4.57 Å². The maximum absolute atomic E-state index is 8.86. The van der Waals surface area contributed by atoms with Gasteiger partial charge in [0.25, 0.3) is 0 Å². The fourth-order valence-corrected chi connectivity index (χ4v) is 1.36. The fourth-order valence-electron chi connectivity index (χ4n) is 1.36. The second-order valence-electron chi connectivity index (χ2n) is 3.07. The second-order valence-corrected chi connectivity index (χ2v) is 3.07. The fraction of sp³-hybridized carbons (Fsp3) is 0.100. The molecule has 0 aliphatic heterocycles. The molecule has 2 heterocycles. The number of hydrogen-bond acceptors (Lipinski definition) is 3. The summed E-state index contributed by atoms with van der Waals surface area (Å²) in [5.74, 6) is 0.173. The molecule has 0 aromatic carbocycles. The van der Waals surface area contributed by atoms with Crippen molar-refractivity contribution >= 4 is 5.88 Å². The average molecular weight is 187 g/mol. The predicted molar refractivity (Wildman–Crippen MR) is 52.2 cm³/mol. The van der Waals surface area contributed by atoms with Crippen LogP contribution in [-0.2, 0) is 7.05 Å². The van der Waals surface area contributed by atoms with Gasteiger partial charge >= 0.3 is 0 Å². The van der Waals surface area contributed by atoms with E-state index in [4.69, 9.17) is 15.4 Å². The third-order valence-electron chi connectivity index (χ3n) is 2.07. The first-order chi connectivity index (χ1) is 6.72. The maximum Gasteiger partial charge on any atom is 0.208 e. The van der Waals surface area contributed by atoms with Crippen LogP contribution in [0, 0.1) is 11.3 Å². The topological polar surface area (TPSA) is 67.9 Å². The molecule has 0 atom stereocenters. The Balaban J connectivity index is 2.58. The molecule has 0 unspecified atom stereocenters.